The standard InChI is InChI=1S/C11H12FNO3/c1-15-11(14)10-5-8(13)7-4-6(12)2-3-9(7)16-10/h2-4,8,10H,5,13H2,1H3/t8-,10+/m0/s1. The Morgan fingerprint density at radius 2 is 2.38 bits per heavy atom. The summed E-state index contributed by atoms with van der Waals surface area (Å²) < 4.78 is 23.0. The molecule has 5 heteroatoms. The van der Waals surface area contributed by atoms with E-state index in [0.29, 0.717) is 17.7 Å². The quantitative estimate of drug-likeness (QED) is 0.728. The van der Waals surface area contributed by atoms with Crippen LogP contribution in [0.2, 0.25) is 0 Å². The van der Waals surface area contributed by atoms with Crippen molar-refractivity contribution in [3.8, 4) is 5.75 Å². The first kappa shape index (κ1) is 10.9. The van der Waals surface area contributed by atoms with Gasteiger partial charge in [0.15, 0.2) is 6.10 Å². The first-order valence-electron chi connectivity index (χ1n) is 4.91. The van der Waals surface area contributed by atoms with Gasteiger partial charge >= 0.3 is 5.97 Å². The first-order valence-corrected chi connectivity index (χ1v) is 4.91. The third-order valence-corrected chi connectivity index (χ3v) is 2.57. The molecule has 2 N–H and O–H groups in total. The van der Waals surface area contributed by atoms with Gasteiger partial charge in [0.25, 0.3) is 0 Å². The number of nitrogens with two attached hydrogens (primary N) is 1. The van der Waals surface area contributed by atoms with Crippen LogP contribution in [0.1, 0.15) is 18.0 Å². The van der Waals surface area contributed by atoms with Crippen LogP contribution in [-0.2, 0) is 9.53 Å². The lowest BCUT2D eigenvalue weighted by Crippen LogP contribution is -2.36. The molecule has 1 heterocycles. The maximum Gasteiger partial charge on any atom is 0.347 e. The number of methoxy groups -OCH3 is 1. The molecule has 0 saturated heterocycles. The second-order valence-corrected chi connectivity index (χ2v) is 3.65. The summed E-state index contributed by atoms with van der Waals surface area (Å²) in [5.41, 5.74) is 6.43. The molecule has 1 aliphatic heterocycles. The molecule has 0 amide bonds. The van der Waals surface area contributed by atoms with E-state index in [2.05, 4.69) is 4.74 Å². The minimum atomic E-state index is -0.710. The molecule has 0 saturated carbocycles. The molecule has 16 heavy (non-hydrogen) atoms. The van der Waals surface area contributed by atoms with E-state index in [-0.39, 0.29) is 5.82 Å². The van der Waals surface area contributed by atoms with Gasteiger partial charge in [0.1, 0.15) is 11.6 Å². The molecule has 1 aliphatic rings. The Bertz CT molecular complexity index is 422. The van der Waals surface area contributed by atoms with E-state index in [1.54, 1.807) is 0 Å². The number of hydrogen-bond acceptors (Lipinski definition) is 4. The Kier molecular flexibility index (Phi) is 2.78. The van der Waals surface area contributed by atoms with Crippen LogP contribution in [0, 0.1) is 5.82 Å². The fourth-order valence-corrected chi connectivity index (χ4v) is 1.75. The van der Waals surface area contributed by atoms with E-state index in [1.807, 2.05) is 0 Å². The third kappa shape index (κ3) is 1.86. The van der Waals surface area contributed by atoms with Crippen LogP contribution >= 0.6 is 0 Å². The minimum absolute atomic E-state index is 0.295. The number of carbonyl (C=O) groups excluding carboxylic acids is 1. The first-order chi connectivity index (χ1) is 7.61. The van der Waals surface area contributed by atoms with Gasteiger partial charge in [-0.05, 0) is 18.2 Å². The zero-order chi connectivity index (χ0) is 11.7. The van der Waals surface area contributed by atoms with Gasteiger partial charge in [0, 0.05) is 18.0 Å². The highest BCUT2D eigenvalue weighted by Crippen LogP contribution is 2.33. The molecule has 4 nitrogen and oxygen atoms in total. The maximum atomic E-state index is 13.0. The van der Waals surface area contributed by atoms with Crippen molar-refractivity contribution >= 4 is 5.97 Å². The summed E-state index contributed by atoms with van der Waals surface area (Å²) in [5.74, 6) is -0.393. The van der Waals surface area contributed by atoms with Crippen LogP contribution in [0.15, 0.2) is 18.2 Å². The van der Waals surface area contributed by atoms with E-state index in [9.17, 15) is 9.18 Å². The minimum Gasteiger partial charge on any atom is -0.478 e. The van der Waals surface area contributed by atoms with Crippen molar-refractivity contribution in [3.63, 3.8) is 0 Å². The average Bonchev–Trinajstić information content (AvgIpc) is 2.28. The van der Waals surface area contributed by atoms with Crippen molar-refractivity contribution in [3.05, 3.63) is 29.6 Å². The Balaban J connectivity index is 2.30. The SMILES string of the molecule is COC(=O)[C@H]1C[C@H](N)c2cc(F)ccc2O1. The predicted octanol–water partition coefficient (Wildman–Crippen LogP) is 1.15. The van der Waals surface area contributed by atoms with Crippen LogP contribution in [-0.4, -0.2) is 19.2 Å². The van der Waals surface area contributed by atoms with E-state index in [4.69, 9.17) is 10.5 Å². The molecule has 0 fully saturated rings. The molecule has 0 radical (unpaired) electrons. The summed E-state index contributed by atoms with van der Waals surface area (Å²) in [4.78, 5) is 11.3. The molecule has 0 aromatic heterocycles. The topological polar surface area (TPSA) is 61.5 Å². The van der Waals surface area contributed by atoms with E-state index in [0.717, 1.165) is 0 Å². The van der Waals surface area contributed by atoms with Gasteiger partial charge in [-0.25, -0.2) is 9.18 Å². The van der Waals surface area contributed by atoms with Crippen LogP contribution in [0.3, 0.4) is 0 Å². The van der Waals surface area contributed by atoms with Gasteiger partial charge in [-0.3, -0.25) is 0 Å². The fraction of sp³-hybridized carbons (Fsp3) is 0.364. The lowest BCUT2D eigenvalue weighted by atomic mass is 9.97. The molecular weight excluding hydrogens is 213 g/mol. The Labute approximate surface area is 92.1 Å². The van der Waals surface area contributed by atoms with Gasteiger partial charge in [-0.2, -0.15) is 0 Å². The number of halogens is 1. The van der Waals surface area contributed by atoms with Crippen LogP contribution in [0.5, 0.6) is 5.75 Å². The lowest BCUT2D eigenvalue weighted by Gasteiger charge is -2.28. The summed E-state index contributed by atoms with van der Waals surface area (Å²) in [6.45, 7) is 0. The van der Waals surface area contributed by atoms with Crippen molar-refractivity contribution < 1.29 is 18.7 Å². The number of ether oxygens (including phenoxy) is 2. The van der Waals surface area contributed by atoms with Crippen molar-refractivity contribution in [2.45, 2.75) is 18.6 Å². The normalized spacial score (nSPS) is 23.2. The van der Waals surface area contributed by atoms with E-state index in [1.165, 1.54) is 25.3 Å². The van der Waals surface area contributed by atoms with Crippen molar-refractivity contribution in [1.29, 1.82) is 0 Å². The molecule has 2 rings (SSSR count). The van der Waals surface area contributed by atoms with Crippen molar-refractivity contribution in [2.75, 3.05) is 7.11 Å². The van der Waals surface area contributed by atoms with Gasteiger partial charge in [0.05, 0.1) is 7.11 Å². The summed E-state index contributed by atoms with van der Waals surface area (Å²) in [5, 5.41) is 0. The van der Waals surface area contributed by atoms with Gasteiger partial charge in [-0.15, -0.1) is 0 Å². The summed E-state index contributed by atoms with van der Waals surface area (Å²) >= 11 is 0. The van der Waals surface area contributed by atoms with Crippen molar-refractivity contribution in [2.24, 2.45) is 5.73 Å². The Morgan fingerprint density at radius 3 is 3.06 bits per heavy atom. The zero-order valence-electron chi connectivity index (χ0n) is 8.77. The highest BCUT2D eigenvalue weighted by molar-refractivity contribution is 5.75. The molecule has 2 atom stereocenters. The smallest absolute Gasteiger partial charge is 0.347 e. The second-order valence-electron chi connectivity index (χ2n) is 3.65. The molecule has 0 aliphatic carbocycles. The summed E-state index contributed by atoms with van der Waals surface area (Å²) in [7, 11) is 1.29. The monoisotopic (exact) mass is 225 g/mol. The number of hydrogen-bond donors (Lipinski definition) is 1. The molecule has 1 aromatic rings. The van der Waals surface area contributed by atoms with Gasteiger partial charge < -0.3 is 15.2 Å². The van der Waals surface area contributed by atoms with Gasteiger partial charge in [-0.1, -0.05) is 0 Å². The number of rotatable bonds is 1. The highest BCUT2D eigenvalue weighted by atomic mass is 19.1. The van der Waals surface area contributed by atoms with Gasteiger partial charge in [0.2, 0.25) is 0 Å². The van der Waals surface area contributed by atoms with Crippen molar-refractivity contribution in [1.82, 2.24) is 0 Å². The third-order valence-electron chi connectivity index (χ3n) is 2.57. The highest BCUT2D eigenvalue weighted by Gasteiger charge is 2.31. The Morgan fingerprint density at radius 1 is 1.62 bits per heavy atom. The average molecular weight is 225 g/mol. The number of benzene rings is 1. The molecule has 0 unspecified atom stereocenters. The maximum absolute atomic E-state index is 13.0. The predicted molar refractivity (Wildman–Crippen MR) is 54.4 cm³/mol. The largest absolute Gasteiger partial charge is 0.478 e. The molecule has 0 bridgehead atoms. The zero-order valence-corrected chi connectivity index (χ0v) is 8.77. The number of carbonyl (C=O) groups is 1. The summed E-state index contributed by atoms with van der Waals surface area (Å²) in [6, 6.07) is 3.65. The summed E-state index contributed by atoms with van der Waals surface area (Å²) in [6.07, 6.45) is -0.415. The fourth-order valence-electron chi connectivity index (χ4n) is 1.75. The van der Waals surface area contributed by atoms with E-state index >= 15 is 0 Å². The van der Waals surface area contributed by atoms with E-state index < -0.39 is 18.1 Å². The second kappa shape index (κ2) is 4.09. The number of fused-ring (bicyclic) bond motifs is 1. The molecule has 0 spiro atoms. The van der Waals surface area contributed by atoms with Crippen LogP contribution in [0.4, 0.5) is 4.39 Å². The van der Waals surface area contributed by atoms with Crippen LogP contribution < -0.4 is 10.5 Å². The van der Waals surface area contributed by atoms with Crippen LogP contribution in [0.25, 0.3) is 0 Å². The number of esters is 1. The molecule has 86 valence electrons. The lowest BCUT2D eigenvalue weighted by molar-refractivity contribution is -0.149. The Hall–Kier alpha value is -1.62. The molecule has 1 aromatic carbocycles. The molecular formula is C11H12FNO3.